The van der Waals surface area contributed by atoms with E-state index in [1.54, 1.807) is 30.5 Å². The number of ether oxygens (including phenoxy) is 2. The highest BCUT2D eigenvalue weighted by molar-refractivity contribution is 7.86. The summed E-state index contributed by atoms with van der Waals surface area (Å²) in [4.78, 5) is 4.78. The van der Waals surface area contributed by atoms with Crippen molar-refractivity contribution in [1.29, 1.82) is 0 Å². The molecule has 1 aliphatic heterocycles. The van der Waals surface area contributed by atoms with Gasteiger partial charge in [-0.15, -0.1) is 0 Å². The van der Waals surface area contributed by atoms with Gasteiger partial charge in [-0.25, -0.2) is 0 Å². The van der Waals surface area contributed by atoms with Crippen molar-refractivity contribution in [3.8, 4) is 0 Å². The average Bonchev–Trinajstić information content (AvgIpc) is 3.21. The predicted octanol–water partition coefficient (Wildman–Crippen LogP) is 4.52. The first-order valence-electron chi connectivity index (χ1n) is 11.1. The monoisotopic (exact) mass is 445 g/mol. The third-order valence-corrected chi connectivity index (χ3v) is 7.71. The van der Waals surface area contributed by atoms with E-state index < -0.39 is 15.7 Å². The smallest absolute Gasteiger partial charge is 0.296 e. The van der Waals surface area contributed by atoms with Gasteiger partial charge in [-0.1, -0.05) is 36.6 Å². The number of aromatic nitrogens is 1. The molecule has 168 valence electrons. The molecule has 0 N–H and O–H groups in total. The van der Waals surface area contributed by atoms with Crippen molar-refractivity contribution >= 4 is 10.1 Å². The summed E-state index contributed by atoms with van der Waals surface area (Å²) >= 11 is 0. The first-order valence-corrected chi connectivity index (χ1v) is 12.5. The number of benzene rings is 1. The van der Waals surface area contributed by atoms with Gasteiger partial charge in [0.15, 0.2) is 0 Å². The van der Waals surface area contributed by atoms with Crippen LogP contribution in [0.2, 0.25) is 0 Å². The van der Waals surface area contributed by atoms with Crippen molar-refractivity contribution in [2.45, 2.75) is 68.0 Å². The van der Waals surface area contributed by atoms with Crippen LogP contribution in [0.1, 0.15) is 56.2 Å². The normalized spacial score (nSPS) is 23.3. The molecule has 0 bridgehead atoms. The van der Waals surface area contributed by atoms with Crippen molar-refractivity contribution in [2.24, 2.45) is 0 Å². The van der Waals surface area contributed by atoms with Crippen LogP contribution < -0.4 is 0 Å². The number of pyridine rings is 1. The van der Waals surface area contributed by atoms with E-state index in [1.807, 2.05) is 25.1 Å². The van der Waals surface area contributed by atoms with Gasteiger partial charge in [0, 0.05) is 19.0 Å². The molecule has 0 radical (unpaired) electrons. The van der Waals surface area contributed by atoms with Crippen LogP contribution in [0.4, 0.5) is 0 Å². The van der Waals surface area contributed by atoms with Crippen molar-refractivity contribution in [1.82, 2.24) is 4.98 Å². The molecule has 2 aliphatic rings. The number of nitrogens with zero attached hydrogens (tertiary/aromatic N) is 1. The van der Waals surface area contributed by atoms with Gasteiger partial charge in [-0.05, 0) is 50.5 Å². The minimum absolute atomic E-state index is 0.0795. The summed E-state index contributed by atoms with van der Waals surface area (Å²) in [5.74, 6) is 0. The number of aryl methyl sites for hydroxylation is 1. The number of hydrogen-bond donors (Lipinski definition) is 0. The van der Waals surface area contributed by atoms with Gasteiger partial charge in [0.2, 0.25) is 0 Å². The summed E-state index contributed by atoms with van der Waals surface area (Å²) in [5.41, 5.74) is 1.31. The standard InChI is InChI=1S/C24H31NO5S/c1-20-8-10-21(11-9-20)31(26,27)30-17-6-16-29-24(22-7-2-5-15-25-22)14-18-28-23(19-24)12-3-4-13-23/h2,5,7-11,15H,3-4,6,12-14,16-19H2,1H3. The lowest BCUT2D eigenvalue weighted by atomic mass is 9.78. The van der Waals surface area contributed by atoms with Gasteiger partial charge < -0.3 is 9.47 Å². The third kappa shape index (κ3) is 5.17. The molecule has 1 saturated carbocycles. The highest BCUT2D eigenvalue weighted by Crippen LogP contribution is 2.48. The lowest BCUT2D eigenvalue weighted by molar-refractivity contribution is -0.187. The average molecular weight is 446 g/mol. The minimum atomic E-state index is -3.76. The molecule has 2 fully saturated rings. The maximum Gasteiger partial charge on any atom is 0.296 e. The fourth-order valence-electron chi connectivity index (χ4n) is 4.75. The Labute approximate surface area is 185 Å². The topological polar surface area (TPSA) is 74.7 Å². The van der Waals surface area contributed by atoms with Gasteiger partial charge >= 0.3 is 0 Å². The van der Waals surface area contributed by atoms with Crippen LogP contribution in [-0.2, 0) is 29.4 Å². The highest BCUT2D eigenvalue weighted by Gasteiger charge is 2.49. The Morgan fingerprint density at radius 3 is 2.52 bits per heavy atom. The Bertz CT molecular complexity index is 955. The van der Waals surface area contributed by atoms with Gasteiger partial charge in [0.1, 0.15) is 5.60 Å². The van der Waals surface area contributed by atoms with E-state index in [1.165, 1.54) is 12.8 Å². The Morgan fingerprint density at radius 1 is 1.03 bits per heavy atom. The van der Waals surface area contributed by atoms with E-state index in [-0.39, 0.29) is 17.1 Å². The third-order valence-electron chi connectivity index (χ3n) is 6.38. The van der Waals surface area contributed by atoms with Gasteiger partial charge in [-0.3, -0.25) is 9.17 Å². The molecule has 0 amide bonds. The number of hydrogen-bond acceptors (Lipinski definition) is 6. The SMILES string of the molecule is Cc1ccc(S(=O)(=O)OCCCOC2(c3ccccn3)CCOC3(CCCC3)C2)cc1. The van der Waals surface area contributed by atoms with Gasteiger partial charge in [0.25, 0.3) is 10.1 Å². The second kappa shape index (κ2) is 9.36. The molecule has 1 atom stereocenters. The summed E-state index contributed by atoms with van der Waals surface area (Å²) in [5, 5.41) is 0. The van der Waals surface area contributed by atoms with Crippen LogP contribution >= 0.6 is 0 Å². The van der Waals surface area contributed by atoms with Crippen LogP contribution in [0.25, 0.3) is 0 Å². The fraction of sp³-hybridized carbons (Fsp3) is 0.542. The van der Waals surface area contributed by atoms with E-state index in [9.17, 15) is 8.42 Å². The molecule has 31 heavy (non-hydrogen) atoms. The van der Waals surface area contributed by atoms with Crippen LogP contribution in [-0.4, -0.2) is 38.8 Å². The molecule has 1 aromatic carbocycles. The molecule has 4 rings (SSSR count). The second-order valence-corrected chi connectivity index (χ2v) is 10.3. The Balaban J connectivity index is 1.38. The summed E-state index contributed by atoms with van der Waals surface area (Å²) in [6, 6.07) is 12.6. The molecule has 2 heterocycles. The molecular formula is C24H31NO5S. The van der Waals surface area contributed by atoms with Crippen molar-refractivity contribution in [3.05, 3.63) is 59.9 Å². The molecule has 1 spiro atoms. The predicted molar refractivity (Wildman–Crippen MR) is 117 cm³/mol. The molecule has 1 saturated heterocycles. The van der Waals surface area contributed by atoms with E-state index in [2.05, 4.69) is 4.98 Å². The van der Waals surface area contributed by atoms with Crippen LogP contribution in [0.15, 0.2) is 53.6 Å². The molecule has 6 nitrogen and oxygen atoms in total. The zero-order valence-corrected chi connectivity index (χ0v) is 18.9. The molecule has 7 heteroatoms. The first-order chi connectivity index (χ1) is 14.9. The molecule has 1 unspecified atom stereocenters. The largest absolute Gasteiger partial charge is 0.375 e. The van der Waals surface area contributed by atoms with Gasteiger partial charge in [-0.2, -0.15) is 8.42 Å². The summed E-state index contributed by atoms with van der Waals surface area (Å²) < 4.78 is 42.7. The van der Waals surface area contributed by atoms with Crippen molar-refractivity contribution < 1.29 is 22.1 Å². The van der Waals surface area contributed by atoms with Crippen LogP contribution in [0, 0.1) is 6.92 Å². The Hall–Kier alpha value is -1.80. The summed E-state index contributed by atoms with van der Waals surface area (Å²) in [6.07, 6.45) is 8.30. The highest BCUT2D eigenvalue weighted by atomic mass is 32.2. The summed E-state index contributed by atoms with van der Waals surface area (Å²) in [7, 11) is -3.76. The second-order valence-electron chi connectivity index (χ2n) is 8.67. The Morgan fingerprint density at radius 2 is 1.81 bits per heavy atom. The lowest BCUT2D eigenvalue weighted by Crippen LogP contribution is -2.48. The van der Waals surface area contributed by atoms with Gasteiger partial charge in [0.05, 0.1) is 36.0 Å². The Kier molecular flexibility index (Phi) is 6.77. The van der Waals surface area contributed by atoms with Crippen molar-refractivity contribution in [2.75, 3.05) is 19.8 Å². The van der Waals surface area contributed by atoms with Crippen LogP contribution in [0.3, 0.4) is 0 Å². The van der Waals surface area contributed by atoms with E-state index >= 15 is 0 Å². The molecule has 2 aromatic rings. The zero-order chi connectivity index (χ0) is 21.8. The van der Waals surface area contributed by atoms with E-state index in [0.29, 0.717) is 19.6 Å². The molecular weight excluding hydrogens is 414 g/mol. The quantitative estimate of drug-likeness (QED) is 0.439. The first kappa shape index (κ1) is 22.4. The maximum absolute atomic E-state index is 12.4. The summed E-state index contributed by atoms with van der Waals surface area (Å²) in [6.45, 7) is 3.04. The maximum atomic E-state index is 12.4. The van der Waals surface area contributed by atoms with Crippen molar-refractivity contribution in [3.63, 3.8) is 0 Å². The van der Waals surface area contributed by atoms with E-state index in [0.717, 1.165) is 36.9 Å². The lowest BCUT2D eigenvalue weighted by Gasteiger charge is -2.46. The number of rotatable bonds is 8. The van der Waals surface area contributed by atoms with Crippen LogP contribution in [0.5, 0.6) is 0 Å². The minimum Gasteiger partial charge on any atom is -0.375 e. The molecule has 1 aliphatic carbocycles. The van der Waals surface area contributed by atoms with E-state index in [4.69, 9.17) is 13.7 Å². The fourth-order valence-corrected chi connectivity index (χ4v) is 5.69. The zero-order valence-electron chi connectivity index (χ0n) is 18.1. The molecule has 1 aromatic heterocycles.